The molecule has 0 radical (unpaired) electrons. The summed E-state index contributed by atoms with van der Waals surface area (Å²) in [6.45, 7) is 6.29. The summed E-state index contributed by atoms with van der Waals surface area (Å²) >= 11 is 0. The molecule has 1 atom stereocenters. The first kappa shape index (κ1) is 20.5. The van der Waals surface area contributed by atoms with Gasteiger partial charge in [0.05, 0.1) is 17.3 Å². The van der Waals surface area contributed by atoms with Crippen molar-refractivity contribution in [1.82, 2.24) is 29.5 Å². The fourth-order valence-corrected chi connectivity index (χ4v) is 4.29. The van der Waals surface area contributed by atoms with Crippen LogP contribution in [0.5, 0.6) is 0 Å². The number of aromatic amines is 1. The van der Waals surface area contributed by atoms with Crippen LogP contribution in [0.25, 0.3) is 0 Å². The summed E-state index contributed by atoms with van der Waals surface area (Å²) in [6, 6.07) is 2.88. The van der Waals surface area contributed by atoms with E-state index in [0.29, 0.717) is 25.0 Å². The van der Waals surface area contributed by atoms with Gasteiger partial charge in [0.2, 0.25) is 0 Å². The average molecular weight is 412 g/mol. The molecule has 4 rings (SSSR count). The average Bonchev–Trinajstić information content (AvgIpc) is 2.74. The van der Waals surface area contributed by atoms with E-state index in [4.69, 9.17) is 4.98 Å². The van der Waals surface area contributed by atoms with Crippen molar-refractivity contribution in [1.29, 1.82) is 0 Å². The topological polar surface area (TPSA) is 104 Å². The van der Waals surface area contributed by atoms with Gasteiger partial charge in [-0.3, -0.25) is 19.3 Å². The molecule has 0 bridgehead atoms. The van der Waals surface area contributed by atoms with Crippen LogP contribution in [0.15, 0.2) is 21.7 Å². The third-order valence-corrected chi connectivity index (χ3v) is 6.11. The standard InChI is InChI=1S/C21H28N6O3/c1-13(2)26-11-9-15-14(12-26)20(29)23-19(22-15)17-6-4-5-10-27(17)21(30)16-7-8-18(28)25(3)24-16/h7-8,13,17H,4-6,9-12H2,1-3H3,(H,22,23,29). The Labute approximate surface area is 174 Å². The summed E-state index contributed by atoms with van der Waals surface area (Å²) in [6.07, 6.45) is 3.30. The summed E-state index contributed by atoms with van der Waals surface area (Å²) in [4.78, 5) is 49.4. The maximum Gasteiger partial charge on any atom is 0.274 e. The number of carbonyl (C=O) groups is 1. The normalized spacial score (nSPS) is 19.7. The Morgan fingerprint density at radius 1 is 1.20 bits per heavy atom. The van der Waals surface area contributed by atoms with Gasteiger partial charge in [-0.15, -0.1) is 0 Å². The van der Waals surface area contributed by atoms with Crippen LogP contribution in [0.2, 0.25) is 0 Å². The number of fused-ring (bicyclic) bond motifs is 1. The summed E-state index contributed by atoms with van der Waals surface area (Å²) in [7, 11) is 1.52. The van der Waals surface area contributed by atoms with Crippen molar-refractivity contribution in [3.8, 4) is 0 Å². The monoisotopic (exact) mass is 412 g/mol. The summed E-state index contributed by atoms with van der Waals surface area (Å²) < 4.78 is 1.16. The number of nitrogens with zero attached hydrogens (tertiary/aromatic N) is 5. The number of aryl methyl sites for hydroxylation is 1. The fourth-order valence-electron chi connectivity index (χ4n) is 4.29. The third-order valence-electron chi connectivity index (χ3n) is 6.11. The van der Waals surface area contributed by atoms with Crippen LogP contribution >= 0.6 is 0 Å². The van der Waals surface area contributed by atoms with E-state index in [1.165, 1.54) is 19.2 Å². The molecule has 0 aromatic carbocycles. The molecule has 160 valence electrons. The Kier molecular flexibility index (Phi) is 5.55. The highest BCUT2D eigenvalue weighted by Gasteiger charge is 2.33. The predicted octanol–water partition coefficient (Wildman–Crippen LogP) is 0.998. The minimum atomic E-state index is -0.300. The van der Waals surface area contributed by atoms with Crippen LogP contribution in [-0.2, 0) is 20.0 Å². The van der Waals surface area contributed by atoms with Crippen molar-refractivity contribution < 1.29 is 4.79 Å². The number of hydrogen-bond donors (Lipinski definition) is 1. The minimum Gasteiger partial charge on any atom is -0.327 e. The Morgan fingerprint density at radius 2 is 2.00 bits per heavy atom. The molecule has 2 aliphatic rings. The molecule has 1 unspecified atom stereocenters. The minimum absolute atomic E-state index is 0.112. The third kappa shape index (κ3) is 3.81. The number of piperidine rings is 1. The van der Waals surface area contributed by atoms with Crippen LogP contribution < -0.4 is 11.1 Å². The second kappa shape index (κ2) is 8.14. The van der Waals surface area contributed by atoms with Crippen LogP contribution in [0.3, 0.4) is 0 Å². The number of H-pyrrole nitrogens is 1. The van der Waals surface area contributed by atoms with Gasteiger partial charge in [0, 0.05) is 45.2 Å². The van der Waals surface area contributed by atoms with Gasteiger partial charge in [-0.2, -0.15) is 5.10 Å². The number of carbonyl (C=O) groups excluding carboxylic acids is 1. The van der Waals surface area contributed by atoms with Crippen molar-refractivity contribution in [2.24, 2.45) is 7.05 Å². The van der Waals surface area contributed by atoms with Gasteiger partial charge < -0.3 is 9.88 Å². The van der Waals surface area contributed by atoms with Crippen molar-refractivity contribution >= 4 is 5.91 Å². The van der Waals surface area contributed by atoms with Gasteiger partial charge in [-0.1, -0.05) is 0 Å². The van der Waals surface area contributed by atoms with E-state index < -0.39 is 0 Å². The predicted molar refractivity (Wildman–Crippen MR) is 111 cm³/mol. The maximum atomic E-state index is 13.2. The van der Waals surface area contributed by atoms with Gasteiger partial charge in [-0.05, 0) is 39.2 Å². The SMILES string of the molecule is CC(C)N1CCc2nc(C3CCCCN3C(=O)c3ccc(=O)n(C)n3)[nH]c(=O)c2C1. The summed E-state index contributed by atoms with van der Waals surface area (Å²) in [5.74, 6) is 0.302. The van der Waals surface area contributed by atoms with Crippen LogP contribution in [-0.4, -0.2) is 54.6 Å². The zero-order chi connectivity index (χ0) is 21.4. The summed E-state index contributed by atoms with van der Waals surface area (Å²) in [5, 5.41) is 4.10. The highest BCUT2D eigenvalue weighted by atomic mass is 16.2. The molecule has 0 aliphatic carbocycles. The molecule has 1 N–H and O–H groups in total. The molecule has 2 aromatic heterocycles. The lowest BCUT2D eigenvalue weighted by Gasteiger charge is -2.36. The Balaban J connectivity index is 1.66. The summed E-state index contributed by atoms with van der Waals surface area (Å²) in [5.41, 5.74) is 1.41. The lowest BCUT2D eigenvalue weighted by atomic mass is 9.99. The van der Waals surface area contributed by atoms with E-state index in [1.54, 1.807) is 4.90 Å². The molecule has 1 fully saturated rings. The van der Waals surface area contributed by atoms with E-state index in [-0.39, 0.29) is 28.8 Å². The first-order chi connectivity index (χ1) is 14.3. The van der Waals surface area contributed by atoms with Gasteiger partial charge in [-0.25, -0.2) is 9.67 Å². The number of aromatic nitrogens is 4. The molecule has 0 spiro atoms. The van der Waals surface area contributed by atoms with Gasteiger partial charge >= 0.3 is 0 Å². The molecular weight excluding hydrogens is 384 g/mol. The lowest BCUT2D eigenvalue weighted by Crippen LogP contribution is -2.43. The van der Waals surface area contributed by atoms with Crippen molar-refractivity contribution in [2.45, 2.75) is 58.2 Å². The fraction of sp³-hybridized carbons (Fsp3) is 0.571. The number of hydrogen-bond acceptors (Lipinski definition) is 6. The second-order valence-electron chi connectivity index (χ2n) is 8.38. The molecule has 1 amide bonds. The first-order valence-corrected chi connectivity index (χ1v) is 10.6. The van der Waals surface area contributed by atoms with Crippen molar-refractivity contribution in [3.63, 3.8) is 0 Å². The van der Waals surface area contributed by atoms with E-state index >= 15 is 0 Å². The molecule has 0 saturated carbocycles. The highest BCUT2D eigenvalue weighted by Crippen LogP contribution is 2.30. The molecule has 30 heavy (non-hydrogen) atoms. The molecule has 9 nitrogen and oxygen atoms in total. The van der Waals surface area contributed by atoms with Crippen LogP contribution in [0, 0.1) is 0 Å². The van der Waals surface area contributed by atoms with E-state index in [2.05, 4.69) is 28.8 Å². The number of amides is 1. The second-order valence-corrected chi connectivity index (χ2v) is 8.38. The zero-order valence-corrected chi connectivity index (χ0v) is 17.7. The Hall–Kier alpha value is -2.81. The van der Waals surface area contributed by atoms with Crippen molar-refractivity contribution in [2.75, 3.05) is 13.1 Å². The lowest BCUT2D eigenvalue weighted by molar-refractivity contribution is 0.0589. The van der Waals surface area contributed by atoms with Crippen LogP contribution in [0.4, 0.5) is 0 Å². The number of rotatable bonds is 3. The van der Waals surface area contributed by atoms with E-state index in [0.717, 1.165) is 48.2 Å². The van der Waals surface area contributed by atoms with E-state index in [1.807, 2.05) is 0 Å². The zero-order valence-electron chi connectivity index (χ0n) is 17.7. The molecule has 4 heterocycles. The largest absolute Gasteiger partial charge is 0.327 e. The molecule has 1 saturated heterocycles. The molecular formula is C21H28N6O3. The Morgan fingerprint density at radius 3 is 2.73 bits per heavy atom. The maximum absolute atomic E-state index is 13.2. The first-order valence-electron chi connectivity index (χ1n) is 10.6. The van der Waals surface area contributed by atoms with Gasteiger partial charge in [0.25, 0.3) is 17.0 Å². The molecule has 9 heteroatoms. The highest BCUT2D eigenvalue weighted by molar-refractivity contribution is 5.92. The Bertz CT molecular complexity index is 1070. The van der Waals surface area contributed by atoms with E-state index in [9.17, 15) is 14.4 Å². The van der Waals surface area contributed by atoms with Gasteiger partial charge in [0.1, 0.15) is 11.5 Å². The smallest absolute Gasteiger partial charge is 0.274 e. The molecule has 2 aromatic rings. The van der Waals surface area contributed by atoms with Crippen molar-refractivity contribution in [3.05, 3.63) is 55.6 Å². The number of nitrogens with one attached hydrogen (secondary N) is 1. The number of likely N-dealkylation sites (tertiary alicyclic amines) is 1. The van der Waals surface area contributed by atoms with Crippen LogP contribution in [0.1, 0.15) is 66.7 Å². The quantitative estimate of drug-likeness (QED) is 0.807. The molecule has 2 aliphatic heterocycles. The van der Waals surface area contributed by atoms with Gasteiger partial charge in [0.15, 0.2) is 0 Å².